The van der Waals surface area contributed by atoms with Crippen LogP contribution in [0, 0.1) is 0 Å². The van der Waals surface area contributed by atoms with E-state index in [0.29, 0.717) is 0 Å². The van der Waals surface area contributed by atoms with Crippen LogP contribution in [0.4, 0.5) is 0 Å². The normalized spacial score (nSPS) is 19.3. The first-order chi connectivity index (χ1) is 4.34. The predicted molar refractivity (Wildman–Crippen MR) is 36.9 cm³/mol. The molecule has 0 amide bonds. The lowest BCUT2D eigenvalue weighted by Gasteiger charge is -2.17. The van der Waals surface area contributed by atoms with Crippen molar-refractivity contribution in [2.24, 2.45) is 0 Å². The Balaban J connectivity index is 2.59. The van der Waals surface area contributed by atoms with Crippen molar-refractivity contribution in [1.29, 1.82) is 0 Å². The first-order valence-electron chi connectivity index (χ1n) is 3.35. The molecule has 1 heterocycles. The highest BCUT2D eigenvalue weighted by Crippen LogP contribution is 2.15. The van der Waals surface area contributed by atoms with Gasteiger partial charge in [0.2, 0.25) is 0 Å². The maximum atomic E-state index is 5.31. The Kier molecular flexibility index (Phi) is 1.98. The van der Waals surface area contributed by atoms with E-state index < -0.39 is 0 Å². The molecule has 0 aromatic heterocycles. The summed E-state index contributed by atoms with van der Waals surface area (Å²) in [5.74, 6) is 0.973. The van der Waals surface area contributed by atoms with E-state index in [-0.39, 0.29) is 0 Å². The minimum absolute atomic E-state index is 0.869. The summed E-state index contributed by atoms with van der Waals surface area (Å²) in [7, 11) is 1.89. The molecule has 0 aliphatic carbocycles. The number of allylic oxidation sites excluding steroid dienone is 1. The Morgan fingerprint density at radius 2 is 2.33 bits per heavy atom. The summed E-state index contributed by atoms with van der Waals surface area (Å²) >= 11 is 0. The Morgan fingerprint density at radius 3 is 2.78 bits per heavy atom. The van der Waals surface area contributed by atoms with Crippen LogP contribution in [0.15, 0.2) is 11.5 Å². The zero-order valence-electron chi connectivity index (χ0n) is 6.03. The number of hydrogen-bond donors (Lipinski definition) is 1. The van der Waals surface area contributed by atoms with Crippen molar-refractivity contribution in [3.05, 3.63) is 11.5 Å². The van der Waals surface area contributed by atoms with Crippen LogP contribution in [0.25, 0.3) is 0 Å². The lowest BCUT2D eigenvalue weighted by atomic mass is 10.1. The van der Waals surface area contributed by atoms with Gasteiger partial charge in [0.05, 0.1) is 6.61 Å². The van der Waals surface area contributed by atoms with E-state index in [0.717, 1.165) is 18.9 Å². The third-order valence-corrected chi connectivity index (χ3v) is 1.56. The fourth-order valence-corrected chi connectivity index (χ4v) is 1.03. The quantitative estimate of drug-likeness (QED) is 0.572. The van der Waals surface area contributed by atoms with E-state index in [1.807, 2.05) is 7.05 Å². The van der Waals surface area contributed by atoms with Crippen LogP contribution < -0.4 is 5.32 Å². The van der Waals surface area contributed by atoms with Gasteiger partial charge in [-0.05, 0) is 25.3 Å². The van der Waals surface area contributed by atoms with Crippen molar-refractivity contribution in [3.8, 4) is 0 Å². The topological polar surface area (TPSA) is 21.3 Å². The number of hydrogen-bond acceptors (Lipinski definition) is 2. The average Bonchev–Trinajstić information content (AvgIpc) is 1.89. The molecule has 0 atom stereocenters. The van der Waals surface area contributed by atoms with Gasteiger partial charge in [0.15, 0.2) is 5.88 Å². The monoisotopic (exact) mass is 127 g/mol. The van der Waals surface area contributed by atoms with Gasteiger partial charge >= 0.3 is 0 Å². The highest BCUT2D eigenvalue weighted by molar-refractivity contribution is 5.05. The number of rotatable bonds is 1. The lowest BCUT2D eigenvalue weighted by Crippen LogP contribution is -2.16. The second-order valence-electron chi connectivity index (χ2n) is 2.31. The Hall–Kier alpha value is -0.660. The number of nitrogens with one attached hydrogen (secondary N) is 1. The molecule has 2 heteroatoms. The van der Waals surface area contributed by atoms with Crippen LogP contribution in [-0.2, 0) is 4.74 Å². The van der Waals surface area contributed by atoms with Crippen LogP contribution in [0.2, 0.25) is 0 Å². The minimum Gasteiger partial charge on any atom is -0.479 e. The summed E-state index contributed by atoms with van der Waals surface area (Å²) < 4.78 is 5.31. The van der Waals surface area contributed by atoms with Gasteiger partial charge in [-0.2, -0.15) is 0 Å². The lowest BCUT2D eigenvalue weighted by molar-refractivity contribution is 0.171. The van der Waals surface area contributed by atoms with E-state index in [1.165, 1.54) is 12.0 Å². The molecule has 0 saturated heterocycles. The smallest absolute Gasteiger partial charge is 0.185 e. The second-order valence-corrected chi connectivity index (χ2v) is 2.31. The van der Waals surface area contributed by atoms with Crippen LogP contribution in [0.5, 0.6) is 0 Å². The maximum Gasteiger partial charge on any atom is 0.185 e. The standard InChI is InChI=1S/C7H13NO/c1-6-4-3-5-9-7(6)8-2/h8H,3-5H2,1-2H3. The Bertz CT molecular complexity index is 129. The summed E-state index contributed by atoms with van der Waals surface area (Å²) in [6.45, 7) is 2.97. The zero-order chi connectivity index (χ0) is 6.69. The molecular weight excluding hydrogens is 114 g/mol. The van der Waals surface area contributed by atoms with Crippen molar-refractivity contribution < 1.29 is 4.74 Å². The van der Waals surface area contributed by atoms with Gasteiger partial charge in [0.25, 0.3) is 0 Å². The first-order valence-corrected chi connectivity index (χ1v) is 3.35. The third kappa shape index (κ3) is 1.37. The Morgan fingerprint density at radius 1 is 1.56 bits per heavy atom. The highest BCUT2D eigenvalue weighted by Gasteiger charge is 2.06. The molecule has 2 nitrogen and oxygen atoms in total. The van der Waals surface area contributed by atoms with Crippen molar-refractivity contribution in [3.63, 3.8) is 0 Å². The molecule has 0 saturated carbocycles. The van der Waals surface area contributed by atoms with Crippen molar-refractivity contribution >= 4 is 0 Å². The molecule has 0 radical (unpaired) electrons. The zero-order valence-corrected chi connectivity index (χ0v) is 6.03. The van der Waals surface area contributed by atoms with E-state index in [4.69, 9.17) is 4.74 Å². The predicted octanol–water partition coefficient (Wildman–Crippen LogP) is 1.25. The van der Waals surface area contributed by atoms with Crippen LogP contribution in [-0.4, -0.2) is 13.7 Å². The molecule has 0 spiro atoms. The number of ether oxygens (including phenoxy) is 1. The molecule has 1 rings (SSSR count). The minimum atomic E-state index is 0.869. The summed E-state index contributed by atoms with van der Waals surface area (Å²) in [6.07, 6.45) is 2.34. The van der Waals surface area contributed by atoms with Crippen molar-refractivity contribution in [2.45, 2.75) is 19.8 Å². The van der Waals surface area contributed by atoms with Crippen LogP contribution in [0.1, 0.15) is 19.8 Å². The summed E-state index contributed by atoms with van der Waals surface area (Å²) in [4.78, 5) is 0. The molecular formula is C7H13NO. The molecule has 0 aromatic carbocycles. The molecule has 0 aromatic rings. The molecule has 0 bridgehead atoms. The maximum absolute atomic E-state index is 5.31. The highest BCUT2D eigenvalue weighted by atomic mass is 16.5. The molecule has 1 N–H and O–H groups in total. The fraction of sp³-hybridized carbons (Fsp3) is 0.714. The third-order valence-electron chi connectivity index (χ3n) is 1.56. The largest absolute Gasteiger partial charge is 0.479 e. The summed E-state index contributed by atoms with van der Waals surface area (Å²) in [5, 5.41) is 3.01. The van der Waals surface area contributed by atoms with Gasteiger partial charge in [0.1, 0.15) is 0 Å². The van der Waals surface area contributed by atoms with E-state index in [2.05, 4.69) is 12.2 Å². The average molecular weight is 127 g/mol. The van der Waals surface area contributed by atoms with Crippen molar-refractivity contribution in [1.82, 2.24) is 5.32 Å². The summed E-state index contributed by atoms with van der Waals surface area (Å²) in [5.41, 5.74) is 1.34. The van der Waals surface area contributed by atoms with Gasteiger partial charge in [0, 0.05) is 7.05 Å². The first kappa shape index (κ1) is 6.46. The molecule has 52 valence electrons. The van der Waals surface area contributed by atoms with Gasteiger partial charge in [-0.1, -0.05) is 0 Å². The van der Waals surface area contributed by atoms with Gasteiger partial charge in [-0.15, -0.1) is 0 Å². The van der Waals surface area contributed by atoms with Crippen LogP contribution >= 0.6 is 0 Å². The summed E-state index contributed by atoms with van der Waals surface area (Å²) in [6, 6.07) is 0. The molecule has 1 aliphatic rings. The Labute approximate surface area is 55.9 Å². The van der Waals surface area contributed by atoms with E-state index >= 15 is 0 Å². The second kappa shape index (κ2) is 2.76. The SMILES string of the molecule is CNC1=C(C)CCCO1. The molecule has 0 fully saturated rings. The van der Waals surface area contributed by atoms with Crippen molar-refractivity contribution in [2.75, 3.05) is 13.7 Å². The molecule has 9 heavy (non-hydrogen) atoms. The van der Waals surface area contributed by atoms with E-state index in [1.54, 1.807) is 0 Å². The fourth-order valence-electron chi connectivity index (χ4n) is 1.03. The van der Waals surface area contributed by atoms with E-state index in [9.17, 15) is 0 Å². The molecule has 1 aliphatic heterocycles. The van der Waals surface area contributed by atoms with Crippen LogP contribution in [0.3, 0.4) is 0 Å². The van der Waals surface area contributed by atoms with Gasteiger partial charge in [-0.25, -0.2) is 0 Å². The van der Waals surface area contributed by atoms with Gasteiger partial charge < -0.3 is 10.1 Å². The molecule has 0 unspecified atom stereocenters. The van der Waals surface area contributed by atoms with Gasteiger partial charge in [-0.3, -0.25) is 0 Å².